The molecule has 1 saturated heterocycles. The summed E-state index contributed by atoms with van der Waals surface area (Å²) in [5.41, 5.74) is 2.99. The van der Waals surface area contributed by atoms with Gasteiger partial charge in [0, 0.05) is 38.3 Å². The number of aromatic nitrogens is 1. The van der Waals surface area contributed by atoms with Gasteiger partial charge >= 0.3 is 0 Å². The molecule has 1 aromatic heterocycles. The van der Waals surface area contributed by atoms with Crippen LogP contribution in [0.25, 0.3) is 5.57 Å². The van der Waals surface area contributed by atoms with Crippen molar-refractivity contribution in [3.05, 3.63) is 59.5 Å². The van der Waals surface area contributed by atoms with Crippen LogP contribution in [0, 0.1) is 6.92 Å². The lowest BCUT2D eigenvalue weighted by Crippen LogP contribution is -2.47. The second-order valence-electron chi connectivity index (χ2n) is 6.23. The molecule has 1 aromatic carbocycles. The number of aryl methyl sites for hydroxylation is 1. The predicted octanol–water partition coefficient (Wildman–Crippen LogP) is 2.73. The number of nitrogens with zero attached hydrogens (tertiary/aromatic N) is 3. The van der Waals surface area contributed by atoms with Crippen molar-refractivity contribution in [2.45, 2.75) is 20.4 Å². The fourth-order valence-electron chi connectivity index (χ4n) is 2.90. The molecule has 0 spiro atoms. The Morgan fingerprint density at radius 1 is 1.21 bits per heavy atom. The number of hydrogen-bond acceptors (Lipinski definition) is 4. The summed E-state index contributed by atoms with van der Waals surface area (Å²) in [7, 11) is 0. The molecule has 0 unspecified atom stereocenters. The molecule has 1 aliphatic rings. The van der Waals surface area contributed by atoms with Gasteiger partial charge < -0.3 is 9.42 Å². The standard InChI is InChI=1S/C19H23N3O2/c1-15(17-6-4-3-5-7-17)12-19(23)22-10-8-21(9-11-22)14-18-13-16(2)20-24-18/h3-7,12-13H,8-11,14H2,1-2H3/b15-12-. The van der Waals surface area contributed by atoms with Crippen molar-refractivity contribution in [3.63, 3.8) is 0 Å². The Balaban J connectivity index is 1.53. The number of piperazine rings is 1. The second kappa shape index (κ2) is 7.45. The van der Waals surface area contributed by atoms with E-state index in [1.165, 1.54) is 0 Å². The van der Waals surface area contributed by atoms with E-state index in [0.717, 1.165) is 55.3 Å². The molecular formula is C19H23N3O2. The minimum absolute atomic E-state index is 0.0894. The average Bonchev–Trinajstić information content (AvgIpc) is 3.01. The number of carbonyl (C=O) groups is 1. The van der Waals surface area contributed by atoms with E-state index in [2.05, 4.69) is 10.1 Å². The van der Waals surface area contributed by atoms with Gasteiger partial charge in [-0.15, -0.1) is 0 Å². The lowest BCUT2D eigenvalue weighted by atomic mass is 10.1. The minimum Gasteiger partial charge on any atom is -0.360 e. The molecule has 5 heteroatoms. The highest BCUT2D eigenvalue weighted by Crippen LogP contribution is 2.14. The van der Waals surface area contributed by atoms with Crippen LogP contribution in [0.15, 0.2) is 47.0 Å². The summed E-state index contributed by atoms with van der Waals surface area (Å²) in [4.78, 5) is 16.7. The molecule has 126 valence electrons. The molecule has 1 fully saturated rings. The topological polar surface area (TPSA) is 49.6 Å². The van der Waals surface area contributed by atoms with E-state index in [9.17, 15) is 4.79 Å². The van der Waals surface area contributed by atoms with Gasteiger partial charge in [0.2, 0.25) is 5.91 Å². The molecule has 1 aliphatic heterocycles. The number of hydrogen-bond donors (Lipinski definition) is 0. The molecule has 0 aliphatic carbocycles. The maximum absolute atomic E-state index is 12.5. The van der Waals surface area contributed by atoms with Crippen LogP contribution < -0.4 is 0 Å². The number of amides is 1. The first-order valence-electron chi connectivity index (χ1n) is 8.29. The normalized spacial score (nSPS) is 16.4. The lowest BCUT2D eigenvalue weighted by molar-refractivity contribution is -0.127. The van der Waals surface area contributed by atoms with Crippen molar-refractivity contribution in [1.82, 2.24) is 15.0 Å². The highest BCUT2D eigenvalue weighted by Gasteiger charge is 2.21. The zero-order valence-electron chi connectivity index (χ0n) is 14.2. The Morgan fingerprint density at radius 3 is 2.54 bits per heavy atom. The molecule has 0 bridgehead atoms. The molecule has 1 amide bonds. The van der Waals surface area contributed by atoms with Gasteiger partial charge in [-0.1, -0.05) is 35.5 Å². The minimum atomic E-state index is 0.0894. The third-order valence-corrected chi connectivity index (χ3v) is 4.31. The van der Waals surface area contributed by atoms with Gasteiger partial charge in [-0.2, -0.15) is 0 Å². The molecule has 0 N–H and O–H groups in total. The van der Waals surface area contributed by atoms with Crippen molar-refractivity contribution in [1.29, 1.82) is 0 Å². The number of allylic oxidation sites excluding steroid dienone is 1. The van der Waals surface area contributed by atoms with E-state index in [-0.39, 0.29) is 5.91 Å². The first-order chi connectivity index (χ1) is 11.6. The summed E-state index contributed by atoms with van der Waals surface area (Å²) in [5.74, 6) is 0.971. The largest absolute Gasteiger partial charge is 0.360 e. The summed E-state index contributed by atoms with van der Waals surface area (Å²) < 4.78 is 5.26. The van der Waals surface area contributed by atoms with Crippen LogP contribution in [0.1, 0.15) is 23.9 Å². The van der Waals surface area contributed by atoms with Crippen molar-refractivity contribution >= 4 is 11.5 Å². The fraction of sp³-hybridized carbons (Fsp3) is 0.368. The molecule has 2 aromatic rings. The fourth-order valence-corrected chi connectivity index (χ4v) is 2.90. The monoisotopic (exact) mass is 325 g/mol. The van der Waals surface area contributed by atoms with Crippen LogP contribution in [-0.2, 0) is 11.3 Å². The van der Waals surface area contributed by atoms with Crippen molar-refractivity contribution in [3.8, 4) is 0 Å². The van der Waals surface area contributed by atoms with Gasteiger partial charge in [0.15, 0.2) is 5.76 Å². The maximum Gasteiger partial charge on any atom is 0.246 e. The maximum atomic E-state index is 12.5. The van der Waals surface area contributed by atoms with Crippen LogP contribution >= 0.6 is 0 Å². The zero-order valence-corrected chi connectivity index (χ0v) is 14.2. The first kappa shape index (κ1) is 16.5. The number of benzene rings is 1. The highest BCUT2D eigenvalue weighted by molar-refractivity contribution is 5.94. The Bertz CT molecular complexity index is 713. The average molecular weight is 325 g/mol. The summed E-state index contributed by atoms with van der Waals surface area (Å²) in [6.07, 6.45) is 1.74. The third-order valence-electron chi connectivity index (χ3n) is 4.31. The van der Waals surface area contributed by atoms with E-state index in [4.69, 9.17) is 4.52 Å². The van der Waals surface area contributed by atoms with Crippen LogP contribution in [0.3, 0.4) is 0 Å². The molecule has 5 nitrogen and oxygen atoms in total. The van der Waals surface area contributed by atoms with Gasteiger partial charge in [0.05, 0.1) is 12.2 Å². The van der Waals surface area contributed by atoms with Gasteiger partial charge in [0.1, 0.15) is 0 Å². The molecule has 0 saturated carbocycles. The molecule has 0 radical (unpaired) electrons. The first-order valence-corrected chi connectivity index (χ1v) is 8.29. The molecular weight excluding hydrogens is 302 g/mol. The summed E-state index contributed by atoms with van der Waals surface area (Å²) >= 11 is 0. The number of rotatable bonds is 4. The summed E-state index contributed by atoms with van der Waals surface area (Å²) in [6, 6.07) is 12.0. The summed E-state index contributed by atoms with van der Waals surface area (Å²) in [6.45, 7) is 7.84. The van der Waals surface area contributed by atoms with E-state index in [0.29, 0.717) is 0 Å². The van der Waals surface area contributed by atoms with E-state index >= 15 is 0 Å². The summed E-state index contributed by atoms with van der Waals surface area (Å²) in [5, 5.41) is 3.91. The van der Waals surface area contributed by atoms with E-state index < -0.39 is 0 Å². The SMILES string of the molecule is C/C(=C/C(=O)N1CCN(Cc2cc(C)no2)CC1)c1ccccc1. The van der Waals surface area contributed by atoms with E-state index in [1.807, 2.05) is 55.1 Å². The Morgan fingerprint density at radius 2 is 1.92 bits per heavy atom. The molecule has 2 heterocycles. The Kier molecular flexibility index (Phi) is 5.11. The second-order valence-corrected chi connectivity index (χ2v) is 6.23. The molecule has 3 rings (SSSR count). The van der Waals surface area contributed by atoms with Gasteiger partial charge in [-0.05, 0) is 25.0 Å². The van der Waals surface area contributed by atoms with Crippen LogP contribution in [0.4, 0.5) is 0 Å². The lowest BCUT2D eigenvalue weighted by Gasteiger charge is -2.33. The smallest absolute Gasteiger partial charge is 0.246 e. The van der Waals surface area contributed by atoms with Crippen molar-refractivity contribution in [2.24, 2.45) is 0 Å². The molecule has 24 heavy (non-hydrogen) atoms. The highest BCUT2D eigenvalue weighted by atomic mass is 16.5. The van der Waals surface area contributed by atoms with Crippen LogP contribution in [0.5, 0.6) is 0 Å². The van der Waals surface area contributed by atoms with Crippen LogP contribution in [-0.4, -0.2) is 47.0 Å². The predicted molar refractivity (Wildman–Crippen MR) is 93.2 cm³/mol. The number of carbonyl (C=O) groups excluding carboxylic acids is 1. The Hall–Kier alpha value is -2.40. The molecule has 0 atom stereocenters. The van der Waals surface area contributed by atoms with Gasteiger partial charge in [0.25, 0.3) is 0 Å². The van der Waals surface area contributed by atoms with E-state index in [1.54, 1.807) is 6.08 Å². The van der Waals surface area contributed by atoms with Crippen LogP contribution in [0.2, 0.25) is 0 Å². The van der Waals surface area contributed by atoms with Gasteiger partial charge in [-0.25, -0.2) is 0 Å². The van der Waals surface area contributed by atoms with Gasteiger partial charge in [-0.3, -0.25) is 9.69 Å². The third kappa shape index (κ3) is 4.11. The Labute approximate surface area is 142 Å². The van der Waals surface area contributed by atoms with Crippen molar-refractivity contribution in [2.75, 3.05) is 26.2 Å². The quantitative estimate of drug-likeness (QED) is 0.811. The zero-order chi connectivity index (χ0) is 16.9. The van der Waals surface area contributed by atoms with Crippen molar-refractivity contribution < 1.29 is 9.32 Å².